The average Bonchev–Trinajstić information content (AvgIpc) is 3.49. The number of nitrogens with zero attached hydrogens (tertiary/aromatic N) is 3. The first-order valence-electron chi connectivity index (χ1n) is 17.3. The summed E-state index contributed by atoms with van der Waals surface area (Å²) in [7, 11) is -3.05. The second kappa shape index (κ2) is 13.3. The molecule has 3 aromatic rings. The summed E-state index contributed by atoms with van der Waals surface area (Å²) in [4.78, 5) is 69.8. The van der Waals surface area contributed by atoms with E-state index in [2.05, 4.69) is 15.9 Å². The number of hydrogen-bond acceptors (Lipinski definition) is 8. The monoisotopic (exact) mass is 775 g/mol. The van der Waals surface area contributed by atoms with Gasteiger partial charge in [0.25, 0.3) is 5.91 Å². The number of hydrogen-bond donors (Lipinski definition) is 2. The molecule has 3 amide bonds. The molecule has 268 valence electrons. The van der Waals surface area contributed by atoms with Gasteiger partial charge in [0.2, 0.25) is 11.8 Å². The van der Waals surface area contributed by atoms with Crippen LogP contribution in [-0.4, -0.2) is 71.8 Å². The number of ether oxygens (including phenoxy) is 2. The van der Waals surface area contributed by atoms with E-state index in [1.54, 1.807) is 21.9 Å². The Bertz CT molecular complexity index is 1920. The molecule has 4 aliphatic heterocycles. The molecule has 51 heavy (non-hydrogen) atoms. The standard InChI is InChI=1S/C38H42BrN3O8Si/c1-22-36(51(3,4)48)32(17-33(45)40-20-26-10-6-5-9-25(26)15-29(40)21-43)50-38(22)30-16-27(39)12-13-31(30)41(37(38)47)19-24-8-7-11-28(14-24)42-34(46)18-35(42)49-23(2)44/h5-14,16,22,29,32,35-36,43,48H,15,17-21H2,1-4H3/t22-,29+,32+,35?,36-,38+/m1/s1. The third kappa shape index (κ3) is 6.12. The summed E-state index contributed by atoms with van der Waals surface area (Å²) < 4.78 is 13.0. The van der Waals surface area contributed by atoms with Gasteiger partial charge in [0.05, 0.1) is 43.8 Å². The fourth-order valence-electron chi connectivity index (χ4n) is 8.71. The number of aliphatic hydroxyl groups is 1. The van der Waals surface area contributed by atoms with E-state index in [-0.39, 0.29) is 49.8 Å². The average molecular weight is 777 g/mol. The Labute approximate surface area is 306 Å². The molecule has 1 spiro atoms. The molecule has 1 unspecified atom stereocenters. The summed E-state index contributed by atoms with van der Waals surface area (Å²) in [6, 6.07) is 20.4. The van der Waals surface area contributed by atoms with Crippen LogP contribution < -0.4 is 9.80 Å². The summed E-state index contributed by atoms with van der Waals surface area (Å²) >= 11 is 3.60. The molecule has 7 rings (SSSR count). The number of benzene rings is 3. The minimum absolute atomic E-state index is 0.0432. The molecule has 2 saturated heterocycles. The number of esters is 1. The molecule has 3 aromatic carbocycles. The number of aliphatic hydroxyl groups excluding tert-OH is 1. The van der Waals surface area contributed by atoms with E-state index in [0.717, 1.165) is 21.2 Å². The zero-order valence-corrected chi connectivity index (χ0v) is 31.6. The molecule has 0 aliphatic carbocycles. The molecule has 4 aliphatic rings. The highest BCUT2D eigenvalue weighted by molar-refractivity contribution is 9.10. The highest BCUT2D eigenvalue weighted by Crippen LogP contribution is 2.60. The topological polar surface area (TPSA) is 137 Å². The van der Waals surface area contributed by atoms with Crippen molar-refractivity contribution in [2.24, 2.45) is 5.92 Å². The van der Waals surface area contributed by atoms with Crippen molar-refractivity contribution >= 4 is 59.3 Å². The second-order valence-electron chi connectivity index (χ2n) is 14.6. The van der Waals surface area contributed by atoms with Gasteiger partial charge < -0.3 is 29.2 Å². The number of rotatable bonds is 8. The molecule has 4 heterocycles. The smallest absolute Gasteiger partial charge is 0.304 e. The molecule has 2 N–H and O–H groups in total. The van der Waals surface area contributed by atoms with Crippen LogP contribution in [0, 0.1) is 5.92 Å². The molecular formula is C38H42BrN3O8Si. The number of anilines is 2. The van der Waals surface area contributed by atoms with E-state index in [1.807, 2.05) is 74.6 Å². The molecule has 0 saturated carbocycles. The van der Waals surface area contributed by atoms with Crippen molar-refractivity contribution in [2.75, 3.05) is 16.4 Å². The highest BCUT2D eigenvalue weighted by Gasteiger charge is 2.66. The van der Waals surface area contributed by atoms with Gasteiger partial charge in [0, 0.05) is 40.7 Å². The van der Waals surface area contributed by atoms with Crippen LogP contribution in [0.15, 0.2) is 71.2 Å². The number of fused-ring (bicyclic) bond motifs is 3. The summed E-state index contributed by atoms with van der Waals surface area (Å²) in [6.07, 6.45) is -0.818. The van der Waals surface area contributed by atoms with E-state index in [4.69, 9.17) is 9.47 Å². The lowest BCUT2D eigenvalue weighted by atomic mass is 9.82. The van der Waals surface area contributed by atoms with E-state index >= 15 is 0 Å². The molecule has 6 atom stereocenters. The number of amides is 3. The van der Waals surface area contributed by atoms with Crippen LogP contribution in [0.25, 0.3) is 0 Å². The fourth-order valence-corrected chi connectivity index (χ4v) is 11.6. The predicted molar refractivity (Wildman–Crippen MR) is 195 cm³/mol. The van der Waals surface area contributed by atoms with Crippen molar-refractivity contribution in [3.05, 3.63) is 93.5 Å². The normalized spacial score (nSPS) is 27.0. The Hall–Kier alpha value is -3.88. The van der Waals surface area contributed by atoms with Gasteiger partial charge in [0.15, 0.2) is 20.1 Å². The largest absolute Gasteiger partial charge is 0.441 e. The van der Waals surface area contributed by atoms with Crippen LogP contribution in [0.5, 0.6) is 0 Å². The van der Waals surface area contributed by atoms with Crippen molar-refractivity contribution in [3.63, 3.8) is 0 Å². The van der Waals surface area contributed by atoms with Crippen molar-refractivity contribution < 1.29 is 38.6 Å². The van der Waals surface area contributed by atoms with Crippen LogP contribution in [0.2, 0.25) is 18.6 Å². The molecular weight excluding hydrogens is 734 g/mol. The Kier molecular flexibility index (Phi) is 9.24. The number of β-lactam (4-membered cyclic amide) rings is 1. The molecule has 0 aromatic heterocycles. The van der Waals surface area contributed by atoms with Crippen molar-refractivity contribution in [1.82, 2.24) is 4.90 Å². The zero-order chi connectivity index (χ0) is 36.4. The van der Waals surface area contributed by atoms with Gasteiger partial charge in [-0.3, -0.25) is 24.1 Å². The SMILES string of the molecule is CC(=O)OC1CC(=O)N1c1cccc(CN2C(=O)[C@@]3(O[C@@H](CC(=O)N4Cc5ccccc5C[C@H]4CO)[C@H]([Si](C)(C)O)[C@H]3C)c3cc(Br)ccc32)c1. The highest BCUT2D eigenvalue weighted by atomic mass is 79.9. The minimum atomic E-state index is -3.05. The van der Waals surface area contributed by atoms with Crippen molar-refractivity contribution in [1.29, 1.82) is 0 Å². The van der Waals surface area contributed by atoms with Crippen molar-refractivity contribution in [2.45, 2.75) is 88.8 Å². The molecule has 13 heteroatoms. The van der Waals surface area contributed by atoms with Gasteiger partial charge in [-0.15, -0.1) is 0 Å². The summed E-state index contributed by atoms with van der Waals surface area (Å²) in [5, 5.41) is 10.3. The van der Waals surface area contributed by atoms with Gasteiger partial charge in [-0.25, -0.2) is 0 Å². The Morgan fingerprint density at radius 3 is 2.47 bits per heavy atom. The van der Waals surface area contributed by atoms with E-state index in [0.29, 0.717) is 29.9 Å². The molecule has 11 nitrogen and oxygen atoms in total. The number of carbonyl (C=O) groups is 4. The second-order valence-corrected chi connectivity index (χ2v) is 19.5. The maximum atomic E-state index is 14.9. The van der Waals surface area contributed by atoms with E-state index < -0.39 is 43.7 Å². The summed E-state index contributed by atoms with van der Waals surface area (Å²) in [6.45, 7) is 7.24. The first kappa shape index (κ1) is 35.5. The number of halogens is 1. The van der Waals surface area contributed by atoms with E-state index in [1.165, 1.54) is 11.8 Å². The van der Waals surface area contributed by atoms with E-state index in [9.17, 15) is 29.1 Å². The van der Waals surface area contributed by atoms with Gasteiger partial charge in [-0.05, 0) is 66.5 Å². The third-order valence-corrected chi connectivity index (χ3v) is 13.9. The maximum Gasteiger partial charge on any atom is 0.304 e. The van der Waals surface area contributed by atoms with Gasteiger partial charge in [-0.1, -0.05) is 59.3 Å². The van der Waals surface area contributed by atoms with Crippen LogP contribution in [0.1, 0.15) is 48.9 Å². The minimum Gasteiger partial charge on any atom is -0.441 e. The first-order chi connectivity index (χ1) is 24.2. The van der Waals surface area contributed by atoms with Gasteiger partial charge in [0.1, 0.15) is 0 Å². The fraction of sp³-hybridized carbons (Fsp3) is 0.421. The molecule has 2 fully saturated rings. The van der Waals surface area contributed by atoms with Crippen molar-refractivity contribution in [3.8, 4) is 0 Å². The summed E-state index contributed by atoms with van der Waals surface area (Å²) in [5.41, 5.74) is 2.86. The lowest BCUT2D eigenvalue weighted by Gasteiger charge is -2.39. The Morgan fingerprint density at radius 2 is 1.78 bits per heavy atom. The quantitative estimate of drug-likeness (QED) is 0.190. The summed E-state index contributed by atoms with van der Waals surface area (Å²) in [5.74, 6) is -1.60. The third-order valence-electron chi connectivity index (χ3n) is 10.9. The zero-order valence-electron chi connectivity index (χ0n) is 29.0. The van der Waals surface area contributed by atoms with Crippen LogP contribution in [0.4, 0.5) is 11.4 Å². The number of carbonyl (C=O) groups excluding carboxylic acids is 4. The van der Waals surface area contributed by atoms with Gasteiger partial charge in [-0.2, -0.15) is 0 Å². The lowest BCUT2D eigenvalue weighted by molar-refractivity contribution is -0.154. The lowest BCUT2D eigenvalue weighted by Crippen LogP contribution is -2.54. The first-order valence-corrected chi connectivity index (χ1v) is 21.1. The molecule has 0 bridgehead atoms. The van der Waals surface area contributed by atoms with Crippen LogP contribution >= 0.6 is 15.9 Å². The Morgan fingerprint density at radius 1 is 1.04 bits per heavy atom. The maximum absolute atomic E-state index is 14.9. The van der Waals surface area contributed by atoms with Crippen LogP contribution in [0.3, 0.4) is 0 Å². The van der Waals surface area contributed by atoms with Gasteiger partial charge >= 0.3 is 5.97 Å². The Balaban J connectivity index is 1.20. The molecule has 0 radical (unpaired) electrons. The predicted octanol–water partition coefficient (Wildman–Crippen LogP) is 4.76. The van der Waals surface area contributed by atoms with Crippen LogP contribution in [-0.2, 0) is 53.8 Å².